The molecule has 3 rings (SSSR count). The normalized spacial score (nSPS) is 12.0. The number of benzene rings is 2. The third-order valence-electron chi connectivity index (χ3n) is 4.70. The predicted molar refractivity (Wildman–Crippen MR) is 106 cm³/mol. The van der Waals surface area contributed by atoms with Gasteiger partial charge in [0.25, 0.3) is 0 Å². The van der Waals surface area contributed by atoms with E-state index in [0.717, 1.165) is 17.3 Å². The van der Waals surface area contributed by atoms with Crippen LogP contribution in [0.3, 0.4) is 0 Å². The minimum atomic E-state index is -0.404. The molecule has 1 atom stereocenters. The fourth-order valence-corrected chi connectivity index (χ4v) is 3.35. The molecule has 0 aliphatic carbocycles. The number of esters is 1. The van der Waals surface area contributed by atoms with E-state index < -0.39 is 5.97 Å². The third-order valence-corrected chi connectivity index (χ3v) is 4.70. The van der Waals surface area contributed by atoms with Crippen LogP contribution in [0.25, 0.3) is 10.9 Å². The molecular weight excluding hydrogens is 340 g/mol. The Morgan fingerprint density at radius 1 is 1.11 bits per heavy atom. The lowest BCUT2D eigenvalue weighted by Gasteiger charge is -2.16. The van der Waals surface area contributed by atoms with Gasteiger partial charge >= 0.3 is 5.97 Å². The molecule has 5 nitrogen and oxygen atoms in total. The van der Waals surface area contributed by atoms with Gasteiger partial charge in [-0.15, -0.1) is 0 Å². The van der Waals surface area contributed by atoms with Gasteiger partial charge < -0.3 is 14.6 Å². The van der Waals surface area contributed by atoms with Gasteiger partial charge in [-0.25, -0.2) is 4.79 Å². The second-order valence-electron chi connectivity index (χ2n) is 6.78. The number of carbonyl (C=O) groups excluding carboxylic acids is 2. The molecule has 2 aromatic carbocycles. The Hall–Kier alpha value is -3.08. The molecule has 5 heteroatoms. The second kappa shape index (κ2) is 8.08. The molecule has 0 aliphatic heterocycles. The number of nitrogens with one attached hydrogen (secondary N) is 1. The predicted octanol–water partition coefficient (Wildman–Crippen LogP) is 3.48. The molecule has 1 N–H and O–H groups in total. The number of hydrogen-bond donors (Lipinski definition) is 1. The summed E-state index contributed by atoms with van der Waals surface area (Å²) in [6.45, 7) is 4.22. The Morgan fingerprint density at radius 3 is 2.56 bits per heavy atom. The van der Waals surface area contributed by atoms with E-state index in [4.69, 9.17) is 4.74 Å². The third kappa shape index (κ3) is 4.19. The van der Waals surface area contributed by atoms with Crippen molar-refractivity contribution in [2.24, 2.45) is 0 Å². The lowest BCUT2D eigenvalue weighted by molar-refractivity contribution is -0.122. The summed E-state index contributed by atoms with van der Waals surface area (Å²) < 4.78 is 6.64. The number of amides is 1. The van der Waals surface area contributed by atoms with Crippen molar-refractivity contribution in [1.29, 1.82) is 0 Å². The second-order valence-corrected chi connectivity index (χ2v) is 6.78. The van der Waals surface area contributed by atoms with E-state index in [-0.39, 0.29) is 18.5 Å². The number of rotatable bonds is 6. The Morgan fingerprint density at radius 2 is 1.81 bits per heavy atom. The molecule has 0 spiro atoms. The first kappa shape index (κ1) is 18.7. The Balaban J connectivity index is 1.72. The summed E-state index contributed by atoms with van der Waals surface area (Å²) >= 11 is 0. The van der Waals surface area contributed by atoms with Crippen LogP contribution >= 0.6 is 0 Å². The van der Waals surface area contributed by atoms with Crippen molar-refractivity contribution in [3.05, 3.63) is 71.4 Å². The summed E-state index contributed by atoms with van der Waals surface area (Å²) in [6.07, 6.45) is 2.46. The molecule has 1 amide bonds. The lowest BCUT2D eigenvalue weighted by Crippen LogP contribution is -2.36. The van der Waals surface area contributed by atoms with E-state index in [1.807, 2.05) is 43.3 Å². The van der Waals surface area contributed by atoms with Gasteiger partial charge in [0.1, 0.15) is 6.54 Å². The topological polar surface area (TPSA) is 60.3 Å². The summed E-state index contributed by atoms with van der Waals surface area (Å²) in [5.41, 5.74) is 3.75. The van der Waals surface area contributed by atoms with Crippen LogP contribution in [0.4, 0.5) is 0 Å². The lowest BCUT2D eigenvalue weighted by atomic mass is 10.0. The smallest absolute Gasteiger partial charge is 0.340 e. The van der Waals surface area contributed by atoms with Crippen molar-refractivity contribution in [2.45, 2.75) is 32.9 Å². The standard InChI is InChI=1S/C22H24N2O3/c1-15-8-4-5-9-17(15)12-16(2)23-21(25)14-24-13-19(22(26)27-3)18-10-6-7-11-20(18)24/h4-11,13,16H,12,14H2,1-3H3,(H,23,25). The SMILES string of the molecule is COC(=O)c1cn(CC(=O)NC(C)Cc2ccccc2C)c2ccccc12. The van der Waals surface area contributed by atoms with Crippen molar-refractivity contribution < 1.29 is 14.3 Å². The quantitative estimate of drug-likeness (QED) is 0.681. The first-order chi connectivity index (χ1) is 13.0. The van der Waals surface area contributed by atoms with Crippen molar-refractivity contribution >= 4 is 22.8 Å². The summed E-state index contributed by atoms with van der Waals surface area (Å²) in [5, 5.41) is 3.83. The van der Waals surface area contributed by atoms with E-state index >= 15 is 0 Å². The number of aromatic nitrogens is 1. The Labute approximate surface area is 158 Å². The molecule has 3 aromatic rings. The molecule has 140 valence electrons. The van der Waals surface area contributed by atoms with Gasteiger partial charge in [0.2, 0.25) is 5.91 Å². The Bertz CT molecular complexity index is 975. The van der Waals surface area contributed by atoms with Crippen LogP contribution in [-0.4, -0.2) is 29.6 Å². The monoisotopic (exact) mass is 364 g/mol. The molecule has 0 saturated carbocycles. The highest BCUT2D eigenvalue weighted by Crippen LogP contribution is 2.22. The summed E-state index contributed by atoms with van der Waals surface area (Å²) in [6, 6.07) is 15.7. The number of para-hydroxylation sites is 1. The van der Waals surface area contributed by atoms with E-state index in [1.165, 1.54) is 18.2 Å². The maximum atomic E-state index is 12.5. The first-order valence-electron chi connectivity index (χ1n) is 8.99. The van der Waals surface area contributed by atoms with Crippen LogP contribution in [0.15, 0.2) is 54.7 Å². The van der Waals surface area contributed by atoms with Crippen molar-refractivity contribution in [2.75, 3.05) is 7.11 Å². The van der Waals surface area contributed by atoms with Gasteiger partial charge in [0.15, 0.2) is 0 Å². The summed E-state index contributed by atoms with van der Waals surface area (Å²) in [7, 11) is 1.36. The molecule has 1 aromatic heterocycles. The number of methoxy groups -OCH3 is 1. The average Bonchev–Trinajstić information content (AvgIpc) is 3.01. The highest BCUT2D eigenvalue weighted by Gasteiger charge is 2.17. The Kier molecular flexibility index (Phi) is 5.60. The van der Waals surface area contributed by atoms with Gasteiger partial charge in [-0.3, -0.25) is 4.79 Å². The molecule has 0 radical (unpaired) electrons. The van der Waals surface area contributed by atoms with Crippen molar-refractivity contribution in [3.63, 3.8) is 0 Å². The van der Waals surface area contributed by atoms with E-state index in [2.05, 4.69) is 24.4 Å². The maximum Gasteiger partial charge on any atom is 0.340 e. The minimum Gasteiger partial charge on any atom is -0.465 e. The van der Waals surface area contributed by atoms with Crippen LogP contribution in [0.1, 0.15) is 28.4 Å². The highest BCUT2D eigenvalue weighted by atomic mass is 16.5. The number of aryl methyl sites for hydroxylation is 1. The molecule has 27 heavy (non-hydrogen) atoms. The van der Waals surface area contributed by atoms with Crippen LogP contribution in [0, 0.1) is 6.92 Å². The van der Waals surface area contributed by atoms with Crippen molar-refractivity contribution in [3.8, 4) is 0 Å². The molecular formula is C22H24N2O3. The maximum absolute atomic E-state index is 12.5. The largest absolute Gasteiger partial charge is 0.465 e. The zero-order valence-electron chi connectivity index (χ0n) is 15.9. The van der Waals surface area contributed by atoms with Gasteiger partial charge in [-0.1, -0.05) is 42.5 Å². The van der Waals surface area contributed by atoms with E-state index in [9.17, 15) is 9.59 Å². The van der Waals surface area contributed by atoms with E-state index in [0.29, 0.717) is 5.56 Å². The number of hydrogen-bond acceptors (Lipinski definition) is 3. The molecule has 0 fully saturated rings. The van der Waals surface area contributed by atoms with E-state index in [1.54, 1.807) is 10.8 Å². The fraction of sp³-hybridized carbons (Fsp3) is 0.273. The highest BCUT2D eigenvalue weighted by molar-refractivity contribution is 6.04. The molecule has 1 unspecified atom stereocenters. The van der Waals surface area contributed by atoms with Gasteiger partial charge in [0.05, 0.1) is 12.7 Å². The van der Waals surface area contributed by atoms with Gasteiger partial charge in [0, 0.05) is 23.1 Å². The molecule has 0 aliphatic rings. The van der Waals surface area contributed by atoms with Crippen LogP contribution in [0.2, 0.25) is 0 Å². The number of carbonyl (C=O) groups is 2. The molecule has 0 bridgehead atoms. The van der Waals surface area contributed by atoms with Gasteiger partial charge in [-0.05, 0) is 37.5 Å². The fourth-order valence-electron chi connectivity index (χ4n) is 3.35. The summed E-state index contributed by atoms with van der Waals surface area (Å²) in [5.74, 6) is -0.494. The molecule has 0 saturated heterocycles. The van der Waals surface area contributed by atoms with Crippen LogP contribution in [0.5, 0.6) is 0 Å². The number of nitrogens with zero attached hydrogens (tertiary/aromatic N) is 1. The van der Waals surface area contributed by atoms with Crippen LogP contribution in [-0.2, 0) is 22.5 Å². The summed E-state index contributed by atoms with van der Waals surface area (Å²) in [4.78, 5) is 24.5. The zero-order valence-corrected chi connectivity index (χ0v) is 15.9. The first-order valence-corrected chi connectivity index (χ1v) is 8.99. The van der Waals surface area contributed by atoms with Crippen LogP contribution < -0.4 is 5.32 Å². The average molecular weight is 364 g/mol. The molecule has 1 heterocycles. The van der Waals surface area contributed by atoms with Gasteiger partial charge in [-0.2, -0.15) is 0 Å². The minimum absolute atomic E-state index is 0.0144. The van der Waals surface area contributed by atoms with Crippen molar-refractivity contribution in [1.82, 2.24) is 9.88 Å². The zero-order chi connectivity index (χ0) is 19.4. The number of ether oxygens (including phenoxy) is 1. The number of fused-ring (bicyclic) bond motifs is 1.